The van der Waals surface area contributed by atoms with E-state index in [1.54, 1.807) is 30.3 Å². The molecule has 20 heavy (non-hydrogen) atoms. The van der Waals surface area contributed by atoms with E-state index in [2.05, 4.69) is 10.6 Å². The van der Waals surface area contributed by atoms with Gasteiger partial charge in [0.1, 0.15) is 5.82 Å². The summed E-state index contributed by atoms with van der Waals surface area (Å²) in [7, 11) is 0. The minimum Gasteiger partial charge on any atom is -0.376 e. The number of hydrogen-bond donors (Lipinski definition) is 2. The number of amides is 1. The summed E-state index contributed by atoms with van der Waals surface area (Å²) >= 11 is 5.86. The quantitative estimate of drug-likeness (QED) is 0.899. The number of halogens is 2. The third-order valence-corrected chi connectivity index (χ3v) is 3.01. The van der Waals surface area contributed by atoms with Gasteiger partial charge >= 0.3 is 0 Å². The molecule has 0 spiro atoms. The van der Waals surface area contributed by atoms with E-state index in [4.69, 9.17) is 11.6 Å². The number of carbonyl (C=O) groups is 1. The lowest BCUT2D eigenvalue weighted by molar-refractivity contribution is -0.114. The number of anilines is 2. The largest absolute Gasteiger partial charge is 0.376 e. The van der Waals surface area contributed by atoms with Crippen LogP contribution >= 0.6 is 11.6 Å². The summed E-state index contributed by atoms with van der Waals surface area (Å²) in [5, 5.41) is 6.14. The Balaban J connectivity index is 1.94. The maximum atomic E-state index is 13.4. The van der Waals surface area contributed by atoms with E-state index in [-0.39, 0.29) is 18.1 Å². The van der Waals surface area contributed by atoms with E-state index in [1.165, 1.54) is 12.1 Å². The Labute approximate surface area is 121 Å². The molecule has 5 heteroatoms. The molecule has 0 aliphatic rings. The van der Waals surface area contributed by atoms with Gasteiger partial charge in [-0.15, -0.1) is 0 Å². The van der Waals surface area contributed by atoms with Crippen molar-refractivity contribution in [2.24, 2.45) is 0 Å². The molecule has 0 aliphatic heterocycles. The van der Waals surface area contributed by atoms with E-state index in [0.717, 1.165) is 11.3 Å². The Hall–Kier alpha value is -2.07. The second kappa shape index (κ2) is 6.39. The number of para-hydroxylation sites is 1. The van der Waals surface area contributed by atoms with Crippen molar-refractivity contribution in [2.45, 2.75) is 6.92 Å². The molecule has 0 atom stereocenters. The number of benzene rings is 2. The number of carbonyl (C=O) groups excluding carboxylic acids is 1. The van der Waals surface area contributed by atoms with E-state index in [0.29, 0.717) is 5.02 Å². The van der Waals surface area contributed by atoms with Gasteiger partial charge < -0.3 is 10.6 Å². The molecule has 2 aromatic carbocycles. The van der Waals surface area contributed by atoms with Crippen LogP contribution in [0.25, 0.3) is 0 Å². The minimum atomic E-state index is -0.455. The molecule has 2 N–H and O–H groups in total. The van der Waals surface area contributed by atoms with Crippen molar-refractivity contribution in [1.82, 2.24) is 0 Å². The minimum absolute atomic E-state index is 0.0524. The third kappa shape index (κ3) is 3.71. The van der Waals surface area contributed by atoms with Crippen LogP contribution < -0.4 is 10.6 Å². The Morgan fingerprint density at radius 3 is 2.65 bits per heavy atom. The number of nitrogens with one attached hydrogen (secondary N) is 2. The summed E-state index contributed by atoms with van der Waals surface area (Å²) < 4.78 is 13.4. The predicted molar refractivity (Wildman–Crippen MR) is 79.7 cm³/mol. The standard InChI is InChI=1S/C15H14ClFN2O/c1-10-8-11(16)6-7-13(10)18-9-15(20)19-14-5-3-2-4-12(14)17/h2-8,18H,9H2,1H3,(H,19,20). The van der Waals surface area contributed by atoms with Crippen LogP contribution in [0.2, 0.25) is 5.02 Å². The van der Waals surface area contributed by atoms with Gasteiger partial charge in [0.2, 0.25) is 5.91 Å². The Morgan fingerprint density at radius 1 is 1.20 bits per heavy atom. The Morgan fingerprint density at radius 2 is 1.95 bits per heavy atom. The second-order valence-corrected chi connectivity index (χ2v) is 4.78. The molecule has 0 unspecified atom stereocenters. The Bertz CT molecular complexity index is 631. The van der Waals surface area contributed by atoms with Crippen molar-refractivity contribution < 1.29 is 9.18 Å². The van der Waals surface area contributed by atoms with E-state index in [9.17, 15) is 9.18 Å². The normalized spacial score (nSPS) is 10.2. The highest BCUT2D eigenvalue weighted by atomic mass is 35.5. The number of aryl methyl sites for hydroxylation is 1. The van der Waals surface area contributed by atoms with Gasteiger partial charge in [-0.2, -0.15) is 0 Å². The molecule has 1 amide bonds. The van der Waals surface area contributed by atoms with Gasteiger partial charge in [-0.25, -0.2) is 4.39 Å². The van der Waals surface area contributed by atoms with Crippen molar-refractivity contribution in [3.05, 3.63) is 58.9 Å². The average Bonchev–Trinajstić information content (AvgIpc) is 2.40. The first-order chi connectivity index (χ1) is 9.56. The summed E-state index contributed by atoms with van der Waals surface area (Å²) in [6.45, 7) is 1.94. The third-order valence-electron chi connectivity index (χ3n) is 2.78. The zero-order valence-electron chi connectivity index (χ0n) is 10.9. The highest BCUT2D eigenvalue weighted by molar-refractivity contribution is 6.30. The SMILES string of the molecule is Cc1cc(Cl)ccc1NCC(=O)Nc1ccccc1F. The van der Waals surface area contributed by atoms with Gasteiger partial charge in [0.05, 0.1) is 12.2 Å². The smallest absolute Gasteiger partial charge is 0.243 e. The van der Waals surface area contributed by atoms with Crippen LogP contribution in [-0.4, -0.2) is 12.5 Å². The zero-order valence-corrected chi connectivity index (χ0v) is 11.7. The lowest BCUT2D eigenvalue weighted by Gasteiger charge is -2.10. The summed E-state index contributed by atoms with van der Waals surface area (Å²) in [4.78, 5) is 11.7. The summed E-state index contributed by atoms with van der Waals surface area (Å²) in [5.74, 6) is -0.770. The fraction of sp³-hybridized carbons (Fsp3) is 0.133. The van der Waals surface area contributed by atoms with Crippen LogP contribution in [0, 0.1) is 12.7 Å². The van der Waals surface area contributed by atoms with Crippen molar-refractivity contribution in [2.75, 3.05) is 17.2 Å². The van der Waals surface area contributed by atoms with Crippen LogP contribution in [0.5, 0.6) is 0 Å². The predicted octanol–water partition coefficient (Wildman–Crippen LogP) is 3.84. The molecule has 0 heterocycles. The fourth-order valence-electron chi connectivity index (χ4n) is 1.76. The van der Waals surface area contributed by atoms with Crippen molar-refractivity contribution in [3.8, 4) is 0 Å². The summed E-state index contributed by atoms with van der Waals surface area (Å²) in [5.41, 5.74) is 1.93. The fourth-order valence-corrected chi connectivity index (χ4v) is 1.98. The zero-order chi connectivity index (χ0) is 14.5. The molecule has 2 rings (SSSR count). The lowest BCUT2D eigenvalue weighted by Crippen LogP contribution is -2.22. The topological polar surface area (TPSA) is 41.1 Å². The van der Waals surface area contributed by atoms with Crippen molar-refractivity contribution >= 4 is 28.9 Å². The Kier molecular flexibility index (Phi) is 4.58. The van der Waals surface area contributed by atoms with Gasteiger partial charge in [-0.05, 0) is 42.8 Å². The lowest BCUT2D eigenvalue weighted by atomic mass is 10.2. The van der Waals surface area contributed by atoms with Gasteiger partial charge in [-0.3, -0.25) is 4.79 Å². The average molecular weight is 293 g/mol. The summed E-state index contributed by atoms with van der Waals surface area (Å²) in [6, 6.07) is 11.4. The molecule has 0 fully saturated rings. The number of rotatable bonds is 4. The second-order valence-electron chi connectivity index (χ2n) is 4.34. The molecule has 0 saturated heterocycles. The maximum Gasteiger partial charge on any atom is 0.243 e. The van der Waals surface area contributed by atoms with Crippen LogP contribution in [-0.2, 0) is 4.79 Å². The van der Waals surface area contributed by atoms with Crippen molar-refractivity contribution in [1.29, 1.82) is 0 Å². The van der Waals surface area contributed by atoms with E-state index >= 15 is 0 Å². The van der Waals surface area contributed by atoms with Gasteiger partial charge in [0, 0.05) is 10.7 Å². The maximum absolute atomic E-state index is 13.4. The molecule has 0 radical (unpaired) electrons. The first-order valence-corrected chi connectivity index (χ1v) is 6.48. The first kappa shape index (κ1) is 14.3. The van der Waals surface area contributed by atoms with Gasteiger partial charge in [0.25, 0.3) is 0 Å². The molecular weight excluding hydrogens is 279 g/mol. The number of hydrogen-bond acceptors (Lipinski definition) is 2. The molecule has 0 saturated carbocycles. The molecule has 0 bridgehead atoms. The van der Waals surface area contributed by atoms with Crippen LogP contribution in [0.3, 0.4) is 0 Å². The first-order valence-electron chi connectivity index (χ1n) is 6.10. The van der Waals surface area contributed by atoms with Crippen molar-refractivity contribution in [3.63, 3.8) is 0 Å². The van der Waals surface area contributed by atoms with E-state index in [1.807, 2.05) is 6.92 Å². The molecule has 0 aromatic heterocycles. The van der Waals surface area contributed by atoms with Crippen LogP contribution in [0.15, 0.2) is 42.5 Å². The molecule has 104 valence electrons. The van der Waals surface area contributed by atoms with Gasteiger partial charge in [0.15, 0.2) is 0 Å². The van der Waals surface area contributed by atoms with E-state index < -0.39 is 5.82 Å². The highest BCUT2D eigenvalue weighted by Crippen LogP contribution is 2.19. The molecular formula is C15H14ClFN2O. The monoisotopic (exact) mass is 292 g/mol. The molecule has 3 nitrogen and oxygen atoms in total. The highest BCUT2D eigenvalue weighted by Gasteiger charge is 2.06. The van der Waals surface area contributed by atoms with Crippen LogP contribution in [0.4, 0.5) is 15.8 Å². The summed E-state index contributed by atoms with van der Waals surface area (Å²) in [6.07, 6.45) is 0. The van der Waals surface area contributed by atoms with Crippen LogP contribution in [0.1, 0.15) is 5.56 Å². The van der Waals surface area contributed by atoms with Gasteiger partial charge in [-0.1, -0.05) is 23.7 Å². The molecule has 2 aromatic rings. The molecule has 0 aliphatic carbocycles.